The van der Waals surface area contributed by atoms with E-state index in [9.17, 15) is 13.2 Å². The third-order valence-corrected chi connectivity index (χ3v) is 3.11. The van der Waals surface area contributed by atoms with Gasteiger partial charge in [-0.2, -0.15) is 18.3 Å². The molecule has 2 heterocycles. The number of anilines is 1. The lowest BCUT2D eigenvalue weighted by Crippen LogP contribution is -2.09. The second-order valence-corrected chi connectivity index (χ2v) is 4.47. The van der Waals surface area contributed by atoms with Crippen molar-refractivity contribution in [3.63, 3.8) is 0 Å². The monoisotopic (exact) mass is 293 g/mol. The molecule has 0 spiro atoms. The Bertz CT molecular complexity index is 822. The lowest BCUT2D eigenvalue weighted by molar-refractivity contribution is -0.136. The van der Waals surface area contributed by atoms with Crippen molar-refractivity contribution in [2.75, 3.05) is 5.73 Å². The predicted octanol–water partition coefficient (Wildman–Crippen LogP) is 2.63. The first-order valence-corrected chi connectivity index (χ1v) is 6.00. The minimum atomic E-state index is -4.51. The van der Waals surface area contributed by atoms with Crippen LogP contribution in [0.1, 0.15) is 5.56 Å². The fraction of sp³-hybridized carbons (Fsp3) is 0.154. The van der Waals surface area contributed by atoms with Crippen molar-refractivity contribution in [1.82, 2.24) is 19.7 Å². The van der Waals surface area contributed by atoms with E-state index < -0.39 is 11.7 Å². The number of nitrogens with two attached hydrogens (primary N) is 1. The average Bonchev–Trinajstić information content (AvgIpc) is 2.82. The van der Waals surface area contributed by atoms with Gasteiger partial charge in [-0.3, -0.25) is 4.68 Å². The zero-order valence-corrected chi connectivity index (χ0v) is 10.9. The van der Waals surface area contributed by atoms with Gasteiger partial charge < -0.3 is 5.73 Å². The first-order valence-electron chi connectivity index (χ1n) is 6.00. The first kappa shape index (κ1) is 13.3. The molecule has 1 aromatic carbocycles. The van der Waals surface area contributed by atoms with E-state index in [1.807, 2.05) is 0 Å². The normalized spacial score (nSPS) is 12.0. The molecular weight excluding hydrogens is 283 g/mol. The van der Waals surface area contributed by atoms with Crippen LogP contribution in [0.2, 0.25) is 0 Å². The second-order valence-electron chi connectivity index (χ2n) is 4.47. The van der Waals surface area contributed by atoms with Crippen LogP contribution in [0.5, 0.6) is 0 Å². The van der Waals surface area contributed by atoms with E-state index >= 15 is 0 Å². The Morgan fingerprint density at radius 2 is 1.90 bits per heavy atom. The van der Waals surface area contributed by atoms with Crippen LogP contribution in [0.3, 0.4) is 0 Å². The Morgan fingerprint density at radius 3 is 2.52 bits per heavy atom. The molecule has 0 atom stereocenters. The minimum Gasteiger partial charge on any atom is -0.368 e. The number of alkyl halides is 3. The third-order valence-electron chi connectivity index (χ3n) is 3.11. The summed E-state index contributed by atoms with van der Waals surface area (Å²) in [5.74, 6) is -0.213. The van der Waals surface area contributed by atoms with E-state index in [0.717, 1.165) is 6.07 Å². The molecule has 0 unspecified atom stereocenters. The number of nitrogens with zero attached hydrogens (tertiary/aromatic N) is 4. The SMILES string of the molecule is Cn1nccc1-c1nc(N)nc2c(C(F)(F)F)cccc12. The predicted molar refractivity (Wildman–Crippen MR) is 71.2 cm³/mol. The topological polar surface area (TPSA) is 69.6 Å². The number of halogens is 3. The van der Waals surface area contributed by atoms with Gasteiger partial charge in [0.2, 0.25) is 5.95 Å². The van der Waals surface area contributed by atoms with Gasteiger partial charge in [-0.05, 0) is 12.1 Å². The van der Waals surface area contributed by atoms with Gasteiger partial charge in [0.05, 0.1) is 16.8 Å². The summed E-state index contributed by atoms with van der Waals surface area (Å²) < 4.78 is 40.8. The molecule has 21 heavy (non-hydrogen) atoms. The molecule has 0 saturated heterocycles. The molecule has 0 bridgehead atoms. The van der Waals surface area contributed by atoms with Gasteiger partial charge in [-0.25, -0.2) is 9.97 Å². The van der Waals surface area contributed by atoms with Crippen LogP contribution in [0.25, 0.3) is 22.3 Å². The number of nitrogen functional groups attached to an aromatic ring is 1. The second kappa shape index (κ2) is 4.44. The molecule has 2 aromatic heterocycles. The van der Waals surface area contributed by atoms with Crippen molar-refractivity contribution in [3.8, 4) is 11.4 Å². The van der Waals surface area contributed by atoms with Crippen LogP contribution >= 0.6 is 0 Å². The van der Waals surface area contributed by atoms with Crippen molar-refractivity contribution in [3.05, 3.63) is 36.0 Å². The summed E-state index contributed by atoms with van der Waals surface area (Å²) >= 11 is 0. The van der Waals surface area contributed by atoms with Gasteiger partial charge in [-0.1, -0.05) is 12.1 Å². The fourth-order valence-electron chi connectivity index (χ4n) is 2.20. The van der Waals surface area contributed by atoms with Crippen molar-refractivity contribution in [2.24, 2.45) is 7.05 Å². The Balaban J connectivity index is 2.41. The third kappa shape index (κ3) is 2.18. The van der Waals surface area contributed by atoms with Gasteiger partial charge >= 0.3 is 6.18 Å². The van der Waals surface area contributed by atoms with Crippen LogP contribution in [-0.4, -0.2) is 19.7 Å². The zero-order chi connectivity index (χ0) is 15.2. The summed E-state index contributed by atoms with van der Waals surface area (Å²) in [6.45, 7) is 0. The summed E-state index contributed by atoms with van der Waals surface area (Å²) in [5.41, 5.74) is 5.41. The highest BCUT2D eigenvalue weighted by Crippen LogP contribution is 2.36. The van der Waals surface area contributed by atoms with Gasteiger partial charge in [0, 0.05) is 18.6 Å². The fourth-order valence-corrected chi connectivity index (χ4v) is 2.20. The molecule has 2 N–H and O–H groups in total. The van der Waals surface area contributed by atoms with Gasteiger partial charge in [0.25, 0.3) is 0 Å². The number of hydrogen-bond donors (Lipinski definition) is 1. The van der Waals surface area contributed by atoms with Crippen LogP contribution in [0, 0.1) is 0 Å². The van der Waals surface area contributed by atoms with Crippen LogP contribution < -0.4 is 5.73 Å². The number of rotatable bonds is 1. The summed E-state index contributed by atoms with van der Waals surface area (Å²) in [6.07, 6.45) is -2.98. The molecule has 0 aliphatic rings. The molecule has 3 rings (SSSR count). The summed E-state index contributed by atoms with van der Waals surface area (Å²) in [7, 11) is 1.67. The quantitative estimate of drug-likeness (QED) is 0.748. The lowest BCUT2D eigenvalue weighted by Gasteiger charge is -2.12. The number of para-hydroxylation sites is 1. The number of benzene rings is 1. The molecule has 0 aliphatic heterocycles. The maximum absolute atomic E-state index is 13.1. The number of aromatic nitrogens is 4. The molecule has 0 fully saturated rings. The van der Waals surface area contributed by atoms with Crippen LogP contribution in [0.4, 0.5) is 19.1 Å². The Kier molecular flexibility index (Phi) is 2.82. The summed E-state index contributed by atoms with van der Waals surface area (Å²) in [5, 5.41) is 4.27. The van der Waals surface area contributed by atoms with E-state index in [0.29, 0.717) is 11.4 Å². The molecule has 0 radical (unpaired) electrons. The van der Waals surface area contributed by atoms with Crippen molar-refractivity contribution < 1.29 is 13.2 Å². The highest BCUT2D eigenvalue weighted by atomic mass is 19.4. The summed E-state index contributed by atoms with van der Waals surface area (Å²) in [6, 6.07) is 5.49. The molecule has 0 saturated carbocycles. The maximum Gasteiger partial charge on any atom is 0.418 e. The van der Waals surface area contributed by atoms with E-state index in [-0.39, 0.29) is 16.9 Å². The molecular formula is C13H10F3N5. The summed E-state index contributed by atoms with van der Waals surface area (Å²) in [4.78, 5) is 7.83. The van der Waals surface area contributed by atoms with Crippen LogP contribution in [-0.2, 0) is 13.2 Å². The lowest BCUT2D eigenvalue weighted by atomic mass is 10.1. The number of aryl methyl sites for hydroxylation is 1. The van der Waals surface area contributed by atoms with Gasteiger partial charge in [-0.15, -0.1) is 0 Å². The van der Waals surface area contributed by atoms with E-state index in [1.165, 1.54) is 23.0 Å². The molecule has 108 valence electrons. The van der Waals surface area contributed by atoms with Gasteiger partial charge in [0.1, 0.15) is 5.69 Å². The highest BCUT2D eigenvalue weighted by molar-refractivity contribution is 5.94. The smallest absolute Gasteiger partial charge is 0.368 e. The standard InChI is InChI=1S/C13H10F3N5/c1-21-9(5-6-18-21)11-7-3-2-4-8(13(14,15)16)10(7)19-12(17)20-11/h2-6H,1H3,(H2,17,19,20). The largest absolute Gasteiger partial charge is 0.418 e. The minimum absolute atomic E-state index is 0.213. The molecule has 0 aliphatic carbocycles. The number of hydrogen-bond acceptors (Lipinski definition) is 4. The van der Waals surface area contributed by atoms with E-state index in [1.54, 1.807) is 13.1 Å². The molecule has 3 aromatic rings. The van der Waals surface area contributed by atoms with Gasteiger partial charge in [0.15, 0.2) is 0 Å². The Morgan fingerprint density at radius 1 is 1.14 bits per heavy atom. The first-order chi connectivity index (χ1) is 9.88. The molecule has 8 heteroatoms. The Hall–Kier alpha value is -2.64. The Labute approximate surface area is 117 Å². The number of fused-ring (bicyclic) bond motifs is 1. The molecule has 0 amide bonds. The van der Waals surface area contributed by atoms with E-state index in [2.05, 4.69) is 15.1 Å². The van der Waals surface area contributed by atoms with Crippen molar-refractivity contribution >= 4 is 16.9 Å². The van der Waals surface area contributed by atoms with Crippen molar-refractivity contribution in [1.29, 1.82) is 0 Å². The van der Waals surface area contributed by atoms with E-state index in [4.69, 9.17) is 5.73 Å². The average molecular weight is 293 g/mol. The maximum atomic E-state index is 13.1. The molecule has 5 nitrogen and oxygen atoms in total. The van der Waals surface area contributed by atoms with Crippen LogP contribution in [0.15, 0.2) is 30.5 Å². The zero-order valence-electron chi connectivity index (χ0n) is 10.9. The van der Waals surface area contributed by atoms with Crippen molar-refractivity contribution in [2.45, 2.75) is 6.18 Å². The highest BCUT2D eigenvalue weighted by Gasteiger charge is 2.33.